The quantitative estimate of drug-likeness (QED) is 0.922. The van der Waals surface area contributed by atoms with Gasteiger partial charge in [-0.25, -0.2) is 4.39 Å². The van der Waals surface area contributed by atoms with Crippen molar-refractivity contribution in [1.82, 2.24) is 5.32 Å². The fourth-order valence-corrected chi connectivity index (χ4v) is 2.61. The van der Waals surface area contributed by atoms with Gasteiger partial charge in [0.2, 0.25) is 0 Å². The van der Waals surface area contributed by atoms with Crippen LogP contribution in [0.2, 0.25) is 0 Å². The maximum absolute atomic E-state index is 13.3. The Balaban J connectivity index is 1.75. The molecule has 1 heterocycles. The summed E-state index contributed by atoms with van der Waals surface area (Å²) in [4.78, 5) is 0. The molecule has 0 saturated carbocycles. The SMILES string of the molecule is Cc1ccc(F)cc1CNC1COCc2ccccc21. The summed E-state index contributed by atoms with van der Waals surface area (Å²) in [7, 11) is 0. The molecule has 0 aliphatic carbocycles. The van der Waals surface area contributed by atoms with Crippen molar-refractivity contribution in [2.45, 2.75) is 26.1 Å². The van der Waals surface area contributed by atoms with Gasteiger partial charge in [0.05, 0.1) is 19.3 Å². The molecule has 1 aliphatic rings. The molecule has 0 fully saturated rings. The molecule has 0 spiro atoms. The minimum Gasteiger partial charge on any atom is -0.375 e. The first kappa shape index (κ1) is 13.3. The Kier molecular flexibility index (Phi) is 3.81. The van der Waals surface area contributed by atoms with Crippen molar-refractivity contribution in [3.8, 4) is 0 Å². The highest BCUT2D eigenvalue weighted by Crippen LogP contribution is 2.25. The molecule has 2 nitrogen and oxygen atoms in total. The third-order valence-electron chi connectivity index (χ3n) is 3.82. The number of ether oxygens (including phenoxy) is 1. The summed E-state index contributed by atoms with van der Waals surface area (Å²) >= 11 is 0. The Labute approximate surface area is 118 Å². The maximum Gasteiger partial charge on any atom is 0.123 e. The zero-order valence-corrected chi connectivity index (χ0v) is 11.5. The van der Waals surface area contributed by atoms with Crippen LogP contribution in [0.1, 0.15) is 28.3 Å². The smallest absolute Gasteiger partial charge is 0.123 e. The summed E-state index contributed by atoms with van der Waals surface area (Å²) < 4.78 is 18.9. The number of hydrogen-bond donors (Lipinski definition) is 1. The summed E-state index contributed by atoms with van der Waals surface area (Å²) in [6.45, 7) is 3.98. The second-order valence-corrected chi connectivity index (χ2v) is 5.22. The van der Waals surface area contributed by atoms with Gasteiger partial charge in [0, 0.05) is 6.54 Å². The number of hydrogen-bond acceptors (Lipinski definition) is 2. The first-order valence-electron chi connectivity index (χ1n) is 6.88. The Morgan fingerprint density at radius 1 is 1.25 bits per heavy atom. The van der Waals surface area contributed by atoms with E-state index in [1.165, 1.54) is 17.2 Å². The van der Waals surface area contributed by atoms with E-state index in [9.17, 15) is 4.39 Å². The van der Waals surface area contributed by atoms with Gasteiger partial charge in [-0.2, -0.15) is 0 Å². The zero-order chi connectivity index (χ0) is 13.9. The van der Waals surface area contributed by atoms with Gasteiger partial charge in [-0.3, -0.25) is 0 Å². The molecule has 2 aromatic carbocycles. The topological polar surface area (TPSA) is 21.3 Å². The largest absolute Gasteiger partial charge is 0.375 e. The highest BCUT2D eigenvalue weighted by Gasteiger charge is 2.19. The average Bonchev–Trinajstić information content (AvgIpc) is 2.48. The first-order chi connectivity index (χ1) is 9.74. The van der Waals surface area contributed by atoms with Crippen molar-refractivity contribution in [2.24, 2.45) is 0 Å². The van der Waals surface area contributed by atoms with Crippen LogP contribution in [0.25, 0.3) is 0 Å². The first-order valence-corrected chi connectivity index (χ1v) is 6.88. The van der Waals surface area contributed by atoms with Crippen LogP contribution in [0, 0.1) is 12.7 Å². The molecule has 1 N–H and O–H groups in total. The lowest BCUT2D eigenvalue weighted by molar-refractivity contribution is 0.0816. The molecule has 0 amide bonds. The lowest BCUT2D eigenvalue weighted by Crippen LogP contribution is -2.29. The van der Waals surface area contributed by atoms with Crippen LogP contribution in [0.4, 0.5) is 4.39 Å². The van der Waals surface area contributed by atoms with Gasteiger partial charge >= 0.3 is 0 Å². The van der Waals surface area contributed by atoms with E-state index < -0.39 is 0 Å². The van der Waals surface area contributed by atoms with Crippen molar-refractivity contribution in [3.05, 3.63) is 70.5 Å². The van der Waals surface area contributed by atoms with Crippen molar-refractivity contribution in [3.63, 3.8) is 0 Å². The van der Waals surface area contributed by atoms with E-state index in [-0.39, 0.29) is 11.9 Å². The molecule has 0 aromatic heterocycles. The number of halogens is 1. The Morgan fingerprint density at radius 3 is 3.00 bits per heavy atom. The predicted molar refractivity (Wildman–Crippen MR) is 76.8 cm³/mol. The molecule has 1 atom stereocenters. The molecular weight excluding hydrogens is 253 g/mol. The molecule has 0 saturated heterocycles. The maximum atomic E-state index is 13.3. The van der Waals surface area contributed by atoms with Crippen molar-refractivity contribution in [1.29, 1.82) is 0 Å². The van der Waals surface area contributed by atoms with Crippen molar-refractivity contribution in [2.75, 3.05) is 6.61 Å². The second-order valence-electron chi connectivity index (χ2n) is 5.22. The van der Waals surface area contributed by atoms with Crippen LogP contribution in [-0.2, 0) is 17.9 Å². The van der Waals surface area contributed by atoms with Gasteiger partial charge in [-0.05, 0) is 41.3 Å². The predicted octanol–water partition coefficient (Wildman–Crippen LogP) is 3.50. The van der Waals surface area contributed by atoms with Crippen LogP contribution in [0.15, 0.2) is 42.5 Å². The molecular formula is C17H18FNO. The van der Waals surface area contributed by atoms with E-state index in [1.54, 1.807) is 6.07 Å². The molecule has 0 bridgehead atoms. The molecule has 1 aliphatic heterocycles. The van der Waals surface area contributed by atoms with Crippen LogP contribution >= 0.6 is 0 Å². The summed E-state index contributed by atoms with van der Waals surface area (Å²) in [5.41, 5.74) is 4.61. The standard InChI is InChI=1S/C17H18FNO/c1-12-6-7-15(18)8-14(12)9-19-17-11-20-10-13-4-2-3-5-16(13)17/h2-8,17,19H,9-11H2,1H3. The van der Waals surface area contributed by atoms with Gasteiger partial charge in [0.1, 0.15) is 5.82 Å². The molecule has 2 aromatic rings. The van der Waals surface area contributed by atoms with Gasteiger partial charge in [-0.15, -0.1) is 0 Å². The zero-order valence-electron chi connectivity index (χ0n) is 11.5. The second kappa shape index (κ2) is 5.73. The van der Waals surface area contributed by atoms with Crippen LogP contribution in [0.3, 0.4) is 0 Å². The number of aryl methyl sites for hydroxylation is 1. The number of fused-ring (bicyclic) bond motifs is 1. The van der Waals surface area contributed by atoms with E-state index >= 15 is 0 Å². The monoisotopic (exact) mass is 271 g/mol. The van der Waals surface area contributed by atoms with Gasteiger partial charge in [0.15, 0.2) is 0 Å². The van der Waals surface area contributed by atoms with Gasteiger partial charge in [0.25, 0.3) is 0 Å². The number of rotatable bonds is 3. The lowest BCUT2D eigenvalue weighted by atomic mass is 9.98. The van der Waals surface area contributed by atoms with Gasteiger partial charge < -0.3 is 10.1 Å². The molecule has 104 valence electrons. The Bertz CT molecular complexity index is 612. The summed E-state index contributed by atoms with van der Waals surface area (Å²) in [5.74, 6) is -0.187. The van der Waals surface area contributed by atoms with Crippen molar-refractivity contribution >= 4 is 0 Å². The summed E-state index contributed by atoms with van der Waals surface area (Å²) in [6, 6.07) is 13.4. The minimum absolute atomic E-state index is 0.169. The third-order valence-corrected chi connectivity index (χ3v) is 3.82. The highest BCUT2D eigenvalue weighted by molar-refractivity contribution is 5.32. The lowest BCUT2D eigenvalue weighted by Gasteiger charge is -2.27. The van der Waals surface area contributed by atoms with E-state index in [1.807, 2.05) is 25.1 Å². The van der Waals surface area contributed by atoms with E-state index in [2.05, 4.69) is 17.4 Å². The third kappa shape index (κ3) is 2.74. The van der Waals surface area contributed by atoms with Crippen LogP contribution in [0.5, 0.6) is 0 Å². The molecule has 20 heavy (non-hydrogen) atoms. The number of nitrogens with one attached hydrogen (secondary N) is 1. The van der Waals surface area contributed by atoms with Gasteiger partial charge in [-0.1, -0.05) is 30.3 Å². The van der Waals surface area contributed by atoms with Crippen LogP contribution < -0.4 is 5.32 Å². The van der Waals surface area contributed by atoms with Crippen LogP contribution in [-0.4, -0.2) is 6.61 Å². The highest BCUT2D eigenvalue weighted by atomic mass is 19.1. The Hall–Kier alpha value is -1.71. The fourth-order valence-electron chi connectivity index (χ4n) is 2.61. The molecule has 3 rings (SSSR count). The molecule has 0 radical (unpaired) electrons. The summed E-state index contributed by atoms with van der Waals surface area (Å²) in [6.07, 6.45) is 0. The normalized spacial score (nSPS) is 17.8. The Morgan fingerprint density at radius 2 is 2.10 bits per heavy atom. The van der Waals surface area contributed by atoms with E-state index in [0.29, 0.717) is 19.8 Å². The fraction of sp³-hybridized carbons (Fsp3) is 0.294. The number of benzene rings is 2. The minimum atomic E-state index is -0.187. The summed E-state index contributed by atoms with van der Waals surface area (Å²) in [5, 5.41) is 3.47. The van der Waals surface area contributed by atoms with E-state index in [0.717, 1.165) is 11.1 Å². The molecule has 3 heteroatoms. The van der Waals surface area contributed by atoms with E-state index in [4.69, 9.17) is 4.74 Å². The van der Waals surface area contributed by atoms with Crippen molar-refractivity contribution < 1.29 is 9.13 Å². The molecule has 1 unspecified atom stereocenters. The average molecular weight is 271 g/mol.